The lowest BCUT2D eigenvalue weighted by Gasteiger charge is -2.38. The molecule has 2 amide bonds. The Bertz CT molecular complexity index is 716. The number of carbonyl (C=O) groups excluding carboxylic acids is 2. The Morgan fingerprint density at radius 1 is 0.828 bits per heavy atom. The smallest absolute Gasteiger partial charge is 0.236 e. The normalized spacial score (nSPS) is 21.7. The van der Waals surface area contributed by atoms with Crippen molar-refractivity contribution in [1.82, 2.24) is 19.6 Å². The van der Waals surface area contributed by atoms with E-state index >= 15 is 0 Å². The topological polar surface area (TPSA) is 47.1 Å². The van der Waals surface area contributed by atoms with Crippen molar-refractivity contribution < 1.29 is 9.59 Å². The molecular weight excluding hydrogens is 364 g/mol. The Hall–Kier alpha value is -2.18. The van der Waals surface area contributed by atoms with Crippen molar-refractivity contribution >= 4 is 17.9 Å². The van der Waals surface area contributed by atoms with Crippen molar-refractivity contribution in [3.05, 3.63) is 42.0 Å². The summed E-state index contributed by atoms with van der Waals surface area (Å²) in [5.41, 5.74) is 1.23. The quantitative estimate of drug-likeness (QED) is 0.729. The average molecular weight is 397 g/mol. The molecule has 0 N–H and O–H groups in total. The van der Waals surface area contributed by atoms with Crippen LogP contribution in [0.25, 0.3) is 6.08 Å². The standard InChI is InChI=1S/C23H32N4O2/c28-22(26-15-17-27(18-16-26)23(29)21-8-9-21)19-25-13-11-24(12-14-25)10-4-7-20-5-2-1-3-6-20/h1-7,21H,8-19H2/b7-4+. The zero-order chi connectivity index (χ0) is 20.1. The van der Waals surface area contributed by atoms with Crippen LogP contribution in [0.1, 0.15) is 18.4 Å². The minimum absolute atomic E-state index is 0.209. The molecule has 3 fully saturated rings. The Balaban J connectivity index is 1.14. The van der Waals surface area contributed by atoms with Crippen LogP contribution in [0, 0.1) is 5.92 Å². The van der Waals surface area contributed by atoms with Gasteiger partial charge in [0, 0.05) is 64.8 Å². The Morgan fingerprint density at radius 3 is 2.10 bits per heavy atom. The molecule has 6 heteroatoms. The van der Waals surface area contributed by atoms with E-state index in [-0.39, 0.29) is 11.8 Å². The molecule has 0 bridgehead atoms. The SMILES string of the molecule is O=C(CN1CCN(C/C=C/c2ccccc2)CC1)N1CCN(C(=O)C2CC2)CC1. The molecule has 4 rings (SSSR count). The monoisotopic (exact) mass is 396 g/mol. The summed E-state index contributed by atoms with van der Waals surface area (Å²) in [6.45, 7) is 8.08. The largest absolute Gasteiger partial charge is 0.339 e. The van der Waals surface area contributed by atoms with E-state index in [4.69, 9.17) is 0 Å². The molecule has 1 aromatic rings. The number of hydrogen-bond acceptors (Lipinski definition) is 4. The van der Waals surface area contributed by atoms with Crippen molar-refractivity contribution in [2.24, 2.45) is 5.92 Å². The number of piperazine rings is 2. The van der Waals surface area contributed by atoms with Gasteiger partial charge >= 0.3 is 0 Å². The van der Waals surface area contributed by atoms with E-state index in [2.05, 4.69) is 46.2 Å². The highest BCUT2D eigenvalue weighted by Gasteiger charge is 2.35. The molecule has 0 aromatic heterocycles. The first-order valence-corrected chi connectivity index (χ1v) is 10.9. The molecular formula is C23H32N4O2. The van der Waals surface area contributed by atoms with E-state index in [9.17, 15) is 9.59 Å². The highest BCUT2D eigenvalue weighted by Crippen LogP contribution is 2.31. The van der Waals surface area contributed by atoms with Crippen LogP contribution in [-0.4, -0.2) is 96.9 Å². The summed E-state index contributed by atoms with van der Waals surface area (Å²) < 4.78 is 0. The fraction of sp³-hybridized carbons (Fsp3) is 0.565. The van der Waals surface area contributed by atoms with Gasteiger partial charge in [-0.25, -0.2) is 0 Å². The third kappa shape index (κ3) is 5.67. The molecule has 1 aliphatic carbocycles. The Morgan fingerprint density at radius 2 is 1.45 bits per heavy atom. The maximum Gasteiger partial charge on any atom is 0.236 e. The number of rotatable bonds is 6. The van der Waals surface area contributed by atoms with Crippen molar-refractivity contribution in [2.75, 3.05) is 65.4 Å². The molecule has 1 aromatic carbocycles. The maximum absolute atomic E-state index is 12.7. The summed E-state index contributed by atoms with van der Waals surface area (Å²) in [5, 5.41) is 0. The molecule has 2 saturated heterocycles. The molecule has 29 heavy (non-hydrogen) atoms. The van der Waals surface area contributed by atoms with E-state index in [0.29, 0.717) is 38.6 Å². The minimum atomic E-state index is 0.209. The first-order chi connectivity index (χ1) is 14.2. The molecule has 3 aliphatic rings. The highest BCUT2D eigenvalue weighted by atomic mass is 16.2. The van der Waals surface area contributed by atoms with Gasteiger partial charge in [0.05, 0.1) is 6.54 Å². The van der Waals surface area contributed by atoms with Crippen LogP contribution >= 0.6 is 0 Å². The molecule has 0 atom stereocenters. The van der Waals surface area contributed by atoms with Gasteiger partial charge in [0.2, 0.25) is 11.8 Å². The lowest BCUT2D eigenvalue weighted by molar-refractivity contribution is -0.141. The van der Waals surface area contributed by atoms with Crippen LogP contribution in [-0.2, 0) is 9.59 Å². The van der Waals surface area contributed by atoms with Gasteiger partial charge in [0.1, 0.15) is 0 Å². The summed E-state index contributed by atoms with van der Waals surface area (Å²) in [4.78, 5) is 33.4. The van der Waals surface area contributed by atoms with Gasteiger partial charge in [-0.05, 0) is 18.4 Å². The molecule has 156 valence electrons. The molecule has 6 nitrogen and oxygen atoms in total. The third-order valence-corrected chi connectivity index (χ3v) is 6.17. The van der Waals surface area contributed by atoms with Gasteiger partial charge in [-0.2, -0.15) is 0 Å². The van der Waals surface area contributed by atoms with Crippen molar-refractivity contribution in [1.29, 1.82) is 0 Å². The van der Waals surface area contributed by atoms with Crippen LogP contribution in [0.5, 0.6) is 0 Å². The lowest BCUT2D eigenvalue weighted by Crippen LogP contribution is -2.54. The zero-order valence-electron chi connectivity index (χ0n) is 17.2. The second-order valence-electron chi connectivity index (χ2n) is 8.37. The van der Waals surface area contributed by atoms with Gasteiger partial charge in [-0.3, -0.25) is 19.4 Å². The van der Waals surface area contributed by atoms with E-state index < -0.39 is 0 Å². The number of amides is 2. The summed E-state index contributed by atoms with van der Waals surface area (Å²) in [5.74, 6) is 0.784. The molecule has 2 aliphatic heterocycles. The number of benzene rings is 1. The predicted molar refractivity (Wildman–Crippen MR) is 114 cm³/mol. The molecule has 0 spiro atoms. The van der Waals surface area contributed by atoms with Crippen LogP contribution < -0.4 is 0 Å². The van der Waals surface area contributed by atoms with Crippen molar-refractivity contribution in [2.45, 2.75) is 12.8 Å². The minimum Gasteiger partial charge on any atom is -0.339 e. The van der Waals surface area contributed by atoms with Gasteiger partial charge < -0.3 is 9.80 Å². The van der Waals surface area contributed by atoms with Gasteiger partial charge in [-0.1, -0.05) is 42.5 Å². The first kappa shape index (κ1) is 20.1. The second-order valence-corrected chi connectivity index (χ2v) is 8.37. The molecule has 1 saturated carbocycles. The summed E-state index contributed by atoms with van der Waals surface area (Å²) in [6.07, 6.45) is 6.49. The van der Waals surface area contributed by atoms with Crippen LogP contribution in [0.15, 0.2) is 36.4 Å². The summed E-state index contributed by atoms with van der Waals surface area (Å²) >= 11 is 0. The highest BCUT2D eigenvalue weighted by molar-refractivity contribution is 5.82. The summed E-state index contributed by atoms with van der Waals surface area (Å²) in [6, 6.07) is 10.4. The molecule has 0 unspecified atom stereocenters. The number of carbonyl (C=O) groups is 2. The average Bonchev–Trinajstić information content (AvgIpc) is 3.61. The number of nitrogens with zero attached hydrogens (tertiary/aromatic N) is 4. The lowest BCUT2D eigenvalue weighted by atomic mass is 10.2. The fourth-order valence-electron chi connectivity index (χ4n) is 4.09. The van der Waals surface area contributed by atoms with E-state index in [0.717, 1.165) is 45.6 Å². The van der Waals surface area contributed by atoms with Gasteiger partial charge in [0.15, 0.2) is 0 Å². The van der Waals surface area contributed by atoms with E-state index in [1.807, 2.05) is 15.9 Å². The third-order valence-electron chi connectivity index (χ3n) is 6.17. The fourth-order valence-corrected chi connectivity index (χ4v) is 4.09. The zero-order valence-corrected chi connectivity index (χ0v) is 17.2. The second kappa shape index (κ2) is 9.55. The number of hydrogen-bond donors (Lipinski definition) is 0. The van der Waals surface area contributed by atoms with Crippen LogP contribution in [0.3, 0.4) is 0 Å². The van der Waals surface area contributed by atoms with Crippen LogP contribution in [0.4, 0.5) is 0 Å². The molecule has 0 radical (unpaired) electrons. The van der Waals surface area contributed by atoms with Crippen molar-refractivity contribution in [3.8, 4) is 0 Å². The summed E-state index contributed by atoms with van der Waals surface area (Å²) in [7, 11) is 0. The van der Waals surface area contributed by atoms with E-state index in [1.165, 1.54) is 5.56 Å². The predicted octanol–water partition coefficient (Wildman–Crippen LogP) is 1.40. The Labute approximate surface area is 173 Å². The van der Waals surface area contributed by atoms with E-state index in [1.54, 1.807) is 0 Å². The first-order valence-electron chi connectivity index (χ1n) is 10.9. The Kier molecular flexibility index (Phi) is 6.62. The van der Waals surface area contributed by atoms with Crippen molar-refractivity contribution in [3.63, 3.8) is 0 Å². The maximum atomic E-state index is 12.7. The van der Waals surface area contributed by atoms with Gasteiger partial charge in [0.25, 0.3) is 0 Å². The molecule has 2 heterocycles. The van der Waals surface area contributed by atoms with Gasteiger partial charge in [-0.15, -0.1) is 0 Å². The van der Waals surface area contributed by atoms with Crippen LogP contribution in [0.2, 0.25) is 0 Å².